The second-order valence-electron chi connectivity index (χ2n) is 8.15. The molecule has 2 heterocycles. The third kappa shape index (κ3) is 4.95. The van der Waals surface area contributed by atoms with Gasteiger partial charge in [0.05, 0.1) is 12.2 Å². The molecule has 0 saturated heterocycles. The Morgan fingerprint density at radius 1 is 0.944 bits per heavy atom. The van der Waals surface area contributed by atoms with Crippen LogP contribution >= 0.6 is 0 Å². The molecule has 3 N–H and O–H groups in total. The fourth-order valence-electron chi connectivity index (χ4n) is 3.77. The molecule has 0 fully saturated rings. The van der Waals surface area contributed by atoms with Gasteiger partial charge in [-0.2, -0.15) is 9.97 Å². The minimum Gasteiger partial charge on any atom is -0.504 e. The lowest BCUT2D eigenvalue weighted by Gasteiger charge is -2.15. The van der Waals surface area contributed by atoms with Crippen LogP contribution in [0.3, 0.4) is 0 Å². The molecule has 0 atom stereocenters. The van der Waals surface area contributed by atoms with Crippen LogP contribution in [0.2, 0.25) is 0 Å². The lowest BCUT2D eigenvalue weighted by Crippen LogP contribution is -2.23. The van der Waals surface area contributed by atoms with Gasteiger partial charge in [0, 0.05) is 36.3 Å². The number of aromatic hydroxyl groups is 1. The molecule has 0 bridgehead atoms. The Balaban J connectivity index is 1.51. The van der Waals surface area contributed by atoms with Gasteiger partial charge in [-0.1, -0.05) is 42.5 Å². The second kappa shape index (κ2) is 9.75. The zero-order valence-corrected chi connectivity index (χ0v) is 19.5. The fourth-order valence-corrected chi connectivity index (χ4v) is 3.77. The standard InChI is InChI=1S/C27H23N5O4/c1-32-13-12-29-26(32)19-8-5-9-20(14-19)35-27-30-21(17-6-3-2-4-7-17)16-24(31-27)36-23-15-18(25(28)34)10-11-22(23)33/h2-11,14-16,33H,12-13H2,1H3,(H2,28,34). The number of ether oxygens (including phenoxy) is 2. The molecule has 4 aromatic rings. The van der Waals surface area contributed by atoms with Crippen molar-refractivity contribution in [1.82, 2.24) is 14.9 Å². The van der Waals surface area contributed by atoms with E-state index < -0.39 is 5.91 Å². The third-order valence-electron chi connectivity index (χ3n) is 5.57. The van der Waals surface area contributed by atoms with Crippen molar-refractivity contribution in [2.75, 3.05) is 20.1 Å². The Hall–Kier alpha value is -4.92. The van der Waals surface area contributed by atoms with E-state index in [2.05, 4.69) is 19.9 Å². The monoisotopic (exact) mass is 481 g/mol. The van der Waals surface area contributed by atoms with Crippen molar-refractivity contribution in [2.45, 2.75) is 0 Å². The molecule has 36 heavy (non-hydrogen) atoms. The third-order valence-corrected chi connectivity index (χ3v) is 5.57. The van der Waals surface area contributed by atoms with Crippen molar-refractivity contribution in [3.05, 3.63) is 90.0 Å². The maximum atomic E-state index is 11.6. The summed E-state index contributed by atoms with van der Waals surface area (Å²) in [5, 5.41) is 10.3. The number of phenols is 1. The van der Waals surface area contributed by atoms with Gasteiger partial charge in [-0.25, -0.2) is 0 Å². The number of carbonyl (C=O) groups is 1. The quantitative estimate of drug-likeness (QED) is 0.405. The number of carbonyl (C=O) groups excluding carboxylic acids is 1. The number of hydrogen-bond donors (Lipinski definition) is 2. The Kier molecular flexibility index (Phi) is 6.19. The number of nitrogens with two attached hydrogens (primary N) is 1. The van der Waals surface area contributed by atoms with Crippen molar-refractivity contribution in [3.63, 3.8) is 0 Å². The molecule has 1 aromatic heterocycles. The number of amides is 1. The first kappa shape index (κ1) is 22.9. The Morgan fingerprint density at radius 2 is 1.75 bits per heavy atom. The summed E-state index contributed by atoms with van der Waals surface area (Å²) in [6.07, 6.45) is 0. The Bertz CT molecular complexity index is 1460. The first-order valence-electron chi connectivity index (χ1n) is 11.3. The molecule has 9 heteroatoms. The number of rotatable bonds is 7. The summed E-state index contributed by atoms with van der Waals surface area (Å²) in [6, 6.07) is 22.8. The van der Waals surface area contributed by atoms with Crippen LogP contribution in [0.1, 0.15) is 15.9 Å². The molecular weight excluding hydrogens is 458 g/mol. The summed E-state index contributed by atoms with van der Waals surface area (Å²) in [4.78, 5) is 27.2. The highest BCUT2D eigenvalue weighted by Gasteiger charge is 2.17. The van der Waals surface area contributed by atoms with Gasteiger partial charge in [0.1, 0.15) is 11.6 Å². The zero-order chi connectivity index (χ0) is 25.1. The molecule has 0 radical (unpaired) electrons. The van der Waals surface area contributed by atoms with Gasteiger partial charge in [-0.05, 0) is 30.3 Å². The number of primary amides is 1. The molecule has 1 aliphatic rings. The van der Waals surface area contributed by atoms with Crippen molar-refractivity contribution in [2.24, 2.45) is 10.7 Å². The van der Waals surface area contributed by atoms with Crippen LogP contribution in [0.5, 0.6) is 29.1 Å². The topological polar surface area (TPSA) is 123 Å². The lowest BCUT2D eigenvalue weighted by molar-refractivity contribution is 0.1000. The number of aliphatic imine (C=N–C) groups is 1. The van der Waals surface area contributed by atoms with Gasteiger partial charge in [-0.15, -0.1) is 0 Å². The minimum absolute atomic E-state index is 0.0271. The van der Waals surface area contributed by atoms with E-state index in [1.165, 1.54) is 18.2 Å². The molecule has 0 unspecified atom stereocenters. The average molecular weight is 482 g/mol. The van der Waals surface area contributed by atoms with Crippen LogP contribution in [0.15, 0.2) is 83.9 Å². The SMILES string of the molecule is CN1CCN=C1c1cccc(Oc2nc(Oc3cc(C(N)=O)ccc3O)cc(-c3ccccc3)n2)c1. The van der Waals surface area contributed by atoms with Crippen LogP contribution in [0.25, 0.3) is 11.3 Å². The van der Waals surface area contributed by atoms with Crippen LogP contribution < -0.4 is 15.2 Å². The smallest absolute Gasteiger partial charge is 0.325 e. The van der Waals surface area contributed by atoms with Gasteiger partial charge in [0.2, 0.25) is 11.8 Å². The van der Waals surface area contributed by atoms with Gasteiger partial charge in [0.15, 0.2) is 11.5 Å². The average Bonchev–Trinajstić information content (AvgIpc) is 3.31. The highest BCUT2D eigenvalue weighted by Crippen LogP contribution is 2.34. The highest BCUT2D eigenvalue weighted by molar-refractivity contribution is 5.99. The van der Waals surface area contributed by atoms with Crippen molar-refractivity contribution in [3.8, 4) is 40.4 Å². The number of benzene rings is 3. The van der Waals surface area contributed by atoms with Crippen molar-refractivity contribution < 1.29 is 19.4 Å². The van der Waals surface area contributed by atoms with E-state index >= 15 is 0 Å². The van der Waals surface area contributed by atoms with Crippen LogP contribution in [0.4, 0.5) is 0 Å². The Morgan fingerprint density at radius 3 is 2.50 bits per heavy atom. The van der Waals surface area contributed by atoms with E-state index in [-0.39, 0.29) is 29.0 Å². The van der Waals surface area contributed by atoms with E-state index in [0.29, 0.717) is 11.4 Å². The van der Waals surface area contributed by atoms with E-state index in [0.717, 1.165) is 30.1 Å². The fraction of sp³-hybridized carbons (Fsp3) is 0.111. The van der Waals surface area contributed by atoms with E-state index in [4.69, 9.17) is 15.2 Å². The summed E-state index contributed by atoms with van der Waals surface area (Å²) >= 11 is 0. The van der Waals surface area contributed by atoms with Gasteiger partial charge >= 0.3 is 6.01 Å². The minimum atomic E-state index is -0.645. The first-order valence-corrected chi connectivity index (χ1v) is 11.3. The maximum absolute atomic E-state index is 11.6. The van der Waals surface area contributed by atoms with Gasteiger partial charge in [0.25, 0.3) is 0 Å². The number of likely N-dealkylation sites (N-methyl/N-ethyl adjacent to an activating group) is 1. The molecule has 0 spiro atoms. The lowest BCUT2D eigenvalue weighted by atomic mass is 10.1. The first-order chi connectivity index (χ1) is 17.5. The van der Waals surface area contributed by atoms with Crippen molar-refractivity contribution in [1.29, 1.82) is 0 Å². The largest absolute Gasteiger partial charge is 0.504 e. The number of aromatic nitrogens is 2. The normalized spacial score (nSPS) is 12.8. The second-order valence-corrected chi connectivity index (χ2v) is 8.15. The van der Waals surface area contributed by atoms with Gasteiger partial charge in [-0.3, -0.25) is 9.79 Å². The molecule has 0 aliphatic carbocycles. The molecule has 180 valence electrons. The summed E-state index contributed by atoms with van der Waals surface area (Å²) in [7, 11) is 2.00. The van der Waals surface area contributed by atoms with Crippen molar-refractivity contribution >= 4 is 11.7 Å². The number of nitrogens with zero attached hydrogens (tertiary/aromatic N) is 4. The summed E-state index contributed by atoms with van der Waals surface area (Å²) in [6.45, 7) is 1.62. The summed E-state index contributed by atoms with van der Waals surface area (Å²) in [5.74, 6) is 0.759. The molecule has 5 rings (SSSR count). The number of phenolic OH excluding ortho intramolecular Hbond substituents is 1. The number of amidine groups is 1. The molecule has 3 aromatic carbocycles. The van der Waals surface area contributed by atoms with E-state index in [1.54, 1.807) is 12.1 Å². The van der Waals surface area contributed by atoms with Crippen LogP contribution in [0, 0.1) is 0 Å². The molecule has 1 aliphatic heterocycles. The summed E-state index contributed by atoms with van der Waals surface area (Å²) < 4.78 is 11.9. The predicted molar refractivity (Wildman–Crippen MR) is 135 cm³/mol. The van der Waals surface area contributed by atoms with E-state index in [1.807, 2.05) is 55.6 Å². The maximum Gasteiger partial charge on any atom is 0.325 e. The molecule has 0 saturated carbocycles. The number of hydrogen-bond acceptors (Lipinski definition) is 8. The highest BCUT2D eigenvalue weighted by atomic mass is 16.5. The van der Waals surface area contributed by atoms with Crippen LogP contribution in [-0.2, 0) is 0 Å². The van der Waals surface area contributed by atoms with E-state index in [9.17, 15) is 9.90 Å². The Labute approximate surface area is 207 Å². The molecular formula is C27H23N5O4. The predicted octanol–water partition coefficient (Wildman–Crippen LogP) is 4.22. The molecule has 1 amide bonds. The van der Waals surface area contributed by atoms with Gasteiger partial charge < -0.3 is 25.2 Å². The van der Waals surface area contributed by atoms with Crippen LogP contribution in [-0.4, -0.2) is 51.9 Å². The molecule has 9 nitrogen and oxygen atoms in total. The summed E-state index contributed by atoms with van der Waals surface area (Å²) in [5.41, 5.74) is 7.86. The zero-order valence-electron chi connectivity index (χ0n) is 19.5.